The maximum Gasteiger partial charge on any atom is 0.344 e. The highest BCUT2D eigenvalue weighted by molar-refractivity contribution is 7.98. The van der Waals surface area contributed by atoms with Gasteiger partial charge in [0.15, 0.2) is 5.16 Å². The average molecular weight is 292 g/mol. The van der Waals surface area contributed by atoms with Crippen molar-refractivity contribution in [1.29, 1.82) is 5.26 Å². The van der Waals surface area contributed by atoms with Gasteiger partial charge in [0.25, 0.3) is 0 Å². The molecule has 0 aliphatic heterocycles. The summed E-state index contributed by atoms with van der Waals surface area (Å²) >= 11 is 1.29. The number of thioether (sulfide) groups is 1. The standard InChI is InChI=1S/C13H13FN4OS/c1-8(2)18-12(19)16-17-13(18)20-7-10-5-11(14)4-3-9(10)6-15/h3-5,8H,7H2,1-2H3,(H,16,19). The summed E-state index contributed by atoms with van der Waals surface area (Å²) < 4.78 is 14.7. The van der Waals surface area contributed by atoms with Crippen molar-refractivity contribution in [3.8, 4) is 6.07 Å². The normalized spacial score (nSPS) is 10.8. The van der Waals surface area contributed by atoms with Gasteiger partial charge in [0.2, 0.25) is 0 Å². The Bertz CT molecular complexity index is 714. The van der Waals surface area contributed by atoms with Crippen LogP contribution in [0.1, 0.15) is 31.0 Å². The van der Waals surface area contributed by atoms with E-state index >= 15 is 0 Å². The Morgan fingerprint density at radius 2 is 2.30 bits per heavy atom. The molecule has 0 saturated heterocycles. The topological polar surface area (TPSA) is 74.5 Å². The van der Waals surface area contributed by atoms with Gasteiger partial charge in [-0.15, -0.1) is 5.10 Å². The number of nitrogens with zero attached hydrogens (tertiary/aromatic N) is 3. The minimum atomic E-state index is -0.386. The van der Waals surface area contributed by atoms with Crippen molar-refractivity contribution < 1.29 is 4.39 Å². The van der Waals surface area contributed by atoms with Crippen LogP contribution in [0, 0.1) is 17.1 Å². The first-order valence-corrected chi connectivity index (χ1v) is 6.99. The summed E-state index contributed by atoms with van der Waals surface area (Å²) in [5, 5.41) is 15.9. The summed E-state index contributed by atoms with van der Waals surface area (Å²) in [6.07, 6.45) is 0. The molecular formula is C13H13FN4OS. The van der Waals surface area contributed by atoms with Crippen LogP contribution in [0.15, 0.2) is 28.2 Å². The van der Waals surface area contributed by atoms with Gasteiger partial charge in [0.1, 0.15) is 5.82 Å². The molecule has 0 atom stereocenters. The lowest BCUT2D eigenvalue weighted by molar-refractivity contribution is 0.534. The quantitative estimate of drug-likeness (QED) is 0.878. The molecule has 1 heterocycles. The summed E-state index contributed by atoms with van der Waals surface area (Å²) in [6.45, 7) is 3.76. The third-order valence-electron chi connectivity index (χ3n) is 2.73. The number of H-pyrrole nitrogens is 1. The number of hydrogen-bond donors (Lipinski definition) is 1. The summed E-state index contributed by atoms with van der Waals surface area (Å²) in [7, 11) is 0. The monoisotopic (exact) mass is 292 g/mol. The van der Waals surface area contributed by atoms with E-state index in [4.69, 9.17) is 5.26 Å². The number of hydrogen-bond acceptors (Lipinski definition) is 4. The lowest BCUT2D eigenvalue weighted by atomic mass is 10.1. The Balaban J connectivity index is 2.24. The largest absolute Gasteiger partial charge is 0.344 e. The van der Waals surface area contributed by atoms with Gasteiger partial charge in [-0.05, 0) is 37.6 Å². The van der Waals surface area contributed by atoms with Gasteiger partial charge < -0.3 is 0 Å². The molecule has 1 aromatic heterocycles. The smallest absolute Gasteiger partial charge is 0.268 e. The molecule has 0 bridgehead atoms. The number of benzene rings is 1. The molecule has 1 aromatic carbocycles. The molecule has 0 unspecified atom stereocenters. The first-order valence-electron chi connectivity index (χ1n) is 6.01. The highest BCUT2D eigenvalue weighted by Crippen LogP contribution is 2.24. The predicted octanol–water partition coefficient (Wildman–Crippen LogP) is 2.46. The first kappa shape index (κ1) is 14.3. The Labute approximate surface area is 119 Å². The van der Waals surface area contributed by atoms with Crippen molar-refractivity contribution in [3.05, 3.63) is 45.6 Å². The summed E-state index contributed by atoms with van der Waals surface area (Å²) in [5.74, 6) is -0.0135. The van der Waals surface area contributed by atoms with Gasteiger partial charge >= 0.3 is 5.69 Å². The van der Waals surface area contributed by atoms with E-state index in [0.717, 1.165) is 0 Å². The van der Waals surface area contributed by atoms with E-state index in [9.17, 15) is 9.18 Å². The first-order chi connectivity index (χ1) is 9.52. The Hall–Kier alpha value is -2.07. The van der Waals surface area contributed by atoms with E-state index in [2.05, 4.69) is 10.2 Å². The van der Waals surface area contributed by atoms with Gasteiger partial charge in [-0.25, -0.2) is 14.3 Å². The number of nitriles is 1. The second kappa shape index (κ2) is 5.92. The van der Waals surface area contributed by atoms with Crippen LogP contribution >= 0.6 is 11.8 Å². The average Bonchev–Trinajstić information content (AvgIpc) is 2.77. The zero-order valence-corrected chi connectivity index (χ0v) is 11.9. The second-order valence-electron chi connectivity index (χ2n) is 4.48. The number of nitrogens with one attached hydrogen (secondary N) is 1. The van der Waals surface area contributed by atoms with Gasteiger partial charge in [0.05, 0.1) is 11.6 Å². The Morgan fingerprint density at radius 1 is 1.55 bits per heavy atom. The number of rotatable bonds is 4. The molecule has 0 fully saturated rings. The number of aromatic amines is 1. The predicted molar refractivity (Wildman–Crippen MR) is 73.9 cm³/mol. The van der Waals surface area contributed by atoms with Crippen LogP contribution in [-0.2, 0) is 5.75 Å². The molecule has 5 nitrogen and oxygen atoms in total. The lowest BCUT2D eigenvalue weighted by Crippen LogP contribution is -2.19. The molecule has 2 aromatic rings. The van der Waals surface area contributed by atoms with Crippen molar-refractivity contribution in [3.63, 3.8) is 0 Å². The fourth-order valence-electron chi connectivity index (χ4n) is 1.78. The highest BCUT2D eigenvalue weighted by Gasteiger charge is 2.13. The molecule has 0 amide bonds. The SMILES string of the molecule is CC(C)n1c(SCc2cc(F)ccc2C#N)n[nH]c1=O. The molecule has 0 aliphatic rings. The third-order valence-corrected chi connectivity index (χ3v) is 3.73. The van der Waals surface area contributed by atoms with Crippen molar-refractivity contribution in [2.75, 3.05) is 0 Å². The Kier molecular flexibility index (Phi) is 4.25. The summed E-state index contributed by atoms with van der Waals surface area (Å²) in [6, 6.07) is 6.04. The van der Waals surface area contributed by atoms with E-state index < -0.39 is 0 Å². The fraction of sp³-hybridized carbons (Fsp3) is 0.308. The van der Waals surface area contributed by atoms with E-state index in [-0.39, 0.29) is 17.5 Å². The van der Waals surface area contributed by atoms with Gasteiger partial charge in [0, 0.05) is 11.8 Å². The zero-order valence-electron chi connectivity index (χ0n) is 11.1. The maximum absolute atomic E-state index is 13.2. The van der Waals surface area contributed by atoms with E-state index in [1.807, 2.05) is 19.9 Å². The van der Waals surface area contributed by atoms with E-state index in [1.54, 1.807) is 0 Å². The van der Waals surface area contributed by atoms with Crippen LogP contribution in [0.4, 0.5) is 4.39 Å². The highest BCUT2D eigenvalue weighted by atomic mass is 32.2. The van der Waals surface area contributed by atoms with Crippen molar-refractivity contribution >= 4 is 11.8 Å². The molecule has 0 radical (unpaired) electrons. The summed E-state index contributed by atoms with van der Waals surface area (Å²) in [5.41, 5.74) is 0.735. The lowest BCUT2D eigenvalue weighted by Gasteiger charge is -2.09. The molecule has 0 spiro atoms. The van der Waals surface area contributed by atoms with Crippen molar-refractivity contribution in [2.45, 2.75) is 30.8 Å². The van der Waals surface area contributed by atoms with E-state index in [1.165, 1.54) is 34.5 Å². The van der Waals surface area contributed by atoms with Gasteiger partial charge in [-0.3, -0.25) is 4.57 Å². The maximum atomic E-state index is 13.2. The minimum Gasteiger partial charge on any atom is -0.268 e. The van der Waals surface area contributed by atoms with Crippen molar-refractivity contribution in [1.82, 2.24) is 14.8 Å². The molecule has 7 heteroatoms. The molecule has 104 valence electrons. The zero-order chi connectivity index (χ0) is 14.7. The molecule has 2 rings (SSSR count). The molecule has 20 heavy (non-hydrogen) atoms. The third kappa shape index (κ3) is 2.91. The van der Waals surface area contributed by atoms with Crippen molar-refractivity contribution in [2.24, 2.45) is 0 Å². The van der Waals surface area contributed by atoms with Crippen LogP contribution in [0.3, 0.4) is 0 Å². The number of aromatic nitrogens is 3. The second-order valence-corrected chi connectivity index (χ2v) is 5.42. The van der Waals surface area contributed by atoms with Crippen LogP contribution in [0.2, 0.25) is 0 Å². The molecular weight excluding hydrogens is 279 g/mol. The fourth-order valence-corrected chi connectivity index (χ4v) is 2.85. The van der Waals surface area contributed by atoms with Gasteiger partial charge in [-0.2, -0.15) is 5.26 Å². The Morgan fingerprint density at radius 3 is 2.95 bits per heavy atom. The van der Waals surface area contributed by atoms with Crippen LogP contribution in [-0.4, -0.2) is 14.8 Å². The van der Waals surface area contributed by atoms with E-state index in [0.29, 0.717) is 22.0 Å². The van der Waals surface area contributed by atoms with Crippen LogP contribution < -0.4 is 5.69 Å². The van der Waals surface area contributed by atoms with Crippen LogP contribution in [0.25, 0.3) is 0 Å². The van der Waals surface area contributed by atoms with Gasteiger partial charge in [-0.1, -0.05) is 11.8 Å². The number of halogens is 1. The minimum absolute atomic E-state index is 0.0216. The molecule has 1 N–H and O–H groups in total. The molecule has 0 saturated carbocycles. The summed E-state index contributed by atoms with van der Waals surface area (Å²) in [4.78, 5) is 11.6. The molecule has 0 aliphatic carbocycles. The van der Waals surface area contributed by atoms with Crippen LogP contribution in [0.5, 0.6) is 0 Å².